The number of ketones is 2. The Bertz CT molecular complexity index is 820. The summed E-state index contributed by atoms with van der Waals surface area (Å²) in [5, 5.41) is 2.07. The highest BCUT2D eigenvalue weighted by atomic mass is 16.7. The van der Waals surface area contributed by atoms with E-state index >= 15 is 0 Å². The Morgan fingerprint density at radius 3 is 2.00 bits per heavy atom. The molecule has 1 aliphatic heterocycles. The van der Waals surface area contributed by atoms with Gasteiger partial charge in [0.1, 0.15) is 0 Å². The molecule has 0 N–H and O–H groups in total. The molecule has 2 aliphatic carbocycles. The van der Waals surface area contributed by atoms with Crippen LogP contribution >= 0.6 is 0 Å². The average Bonchev–Trinajstić information content (AvgIpc) is 2.70. The Hall–Kier alpha value is -1.52. The van der Waals surface area contributed by atoms with Crippen LogP contribution in [-0.2, 0) is 4.84 Å². The van der Waals surface area contributed by atoms with E-state index in [-0.39, 0.29) is 28.6 Å². The minimum Gasteiger partial charge on any atom is -0.294 e. The molecule has 2 atom stereocenters. The number of hydrogen-bond acceptors (Lipinski definition) is 4. The SMILES string of the molecule is CC1(ON2C(C)(C)CCCC2(C)C)C(=O)c2ccccc2C(=O)C1C1CCCCC1. The van der Waals surface area contributed by atoms with Crippen LogP contribution in [0.5, 0.6) is 0 Å². The predicted octanol–water partition coefficient (Wildman–Crippen LogP) is 6.00. The molecule has 4 heteroatoms. The molecule has 2 unspecified atom stereocenters. The number of benzene rings is 1. The van der Waals surface area contributed by atoms with Gasteiger partial charge in [0, 0.05) is 22.2 Å². The molecular weight excluding hydrogens is 374 g/mol. The maximum absolute atomic E-state index is 13.9. The fraction of sp³-hybridized carbons (Fsp3) is 0.692. The van der Waals surface area contributed by atoms with Crippen LogP contribution < -0.4 is 0 Å². The van der Waals surface area contributed by atoms with Crippen LogP contribution in [-0.4, -0.2) is 33.3 Å². The summed E-state index contributed by atoms with van der Waals surface area (Å²) < 4.78 is 0. The fourth-order valence-electron chi connectivity index (χ4n) is 6.36. The summed E-state index contributed by atoms with van der Waals surface area (Å²) in [4.78, 5) is 34.5. The van der Waals surface area contributed by atoms with Crippen LogP contribution in [0.25, 0.3) is 0 Å². The molecule has 4 rings (SSSR count). The number of fused-ring (bicyclic) bond motifs is 1. The van der Waals surface area contributed by atoms with Gasteiger partial charge < -0.3 is 0 Å². The van der Waals surface area contributed by atoms with Crippen molar-refractivity contribution in [2.75, 3.05) is 0 Å². The molecule has 4 nitrogen and oxygen atoms in total. The van der Waals surface area contributed by atoms with Gasteiger partial charge in [0.25, 0.3) is 0 Å². The first-order chi connectivity index (χ1) is 14.1. The Morgan fingerprint density at radius 2 is 1.40 bits per heavy atom. The van der Waals surface area contributed by atoms with Gasteiger partial charge >= 0.3 is 0 Å². The number of piperidine rings is 1. The highest BCUT2D eigenvalue weighted by molar-refractivity contribution is 6.19. The van der Waals surface area contributed by atoms with Gasteiger partial charge in [-0.1, -0.05) is 43.5 Å². The standard InChI is InChI=1S/C26H37NO3/c1-24(2)16-11-17-25(3,4)27(24)30-26(5)21(18-12-7-6-8-13-18)22(28)19-14-9-10-15-20(19)23(26)29/h9-10,14-15,18,21H,6-8,11-13,16-17H2,1-5H3. The van der Waals surface area contributed by atoms with Gasteiger partial charge in [-0.2, -0.15) is 5.06 Å². The largest absolute Gasteiger partial charge is 0.294 e. The van der Waals surface area contributed by atoms with Gasteiger partial charge in [0.15, 0.2) is 17.2 Å². The molecule has 0 bridgehead atoms. The van der Waals surface area contributed by atoms with Crippen LogP contribution in [0.1, 0.15) is 107 Å². The van der Waals surface area contributed by atoms with Crippen LogP contribution in [0.4, 0.5) is 0 Å². The Labute approximate surface area is 181 Å². The minimum absolute atomic E-state index is 0.0366. The third-order valence-electron chi connectivity index (χ3n) is 7.84. The first kappa shape index (κ1) is 21.7. The molecule has 0 spiro atoms. The van der Waals surface area contributed by atoms with Gasteiger partial charge in [-0.25, -0.2) is 0 Å². The van der Waals surface area contributed by atoms with Crippen molar-refractivity contribution in [1.82, 2.24) is 5.06 Å². The lowest BCUT2D eigenvalue weighted by Gasteiger charge is -2.56. The van der Waals surface area contributed by atoms with E-state index in [0.717, 1.165) is 44.9 Å². The first-order valence-electron chi connectivity index (χ1n) is 11.8. The van der Waals surface area contributed by atoms with Gasteiger partial charge in [-0.3, -0.25) is 14.4 Å². The molecule has 2 fully saturated rings. The first-order valence-corrected chi connectivity index (χ1v) is 11.8. The van der Waals surface area contributed by atoms with Gasteiger partial charge in [-0.15, -0.1) is 0 Å². The van der Waals surface area contributed by atoms with Crippen molar-refractivity contribution in [2.24, 2.45) is 11.8 Å². The lowest BCUT2D eigenvalue weighted by Crippen LogP contribution is -2.65. The van der Waals surface area contributed by atoms with E-state index in [1.807, 2.05) is 25.1 Å². The normalized spacial score (nSPS) is 32.1. The average molecular weight is 412 g/mol. The number of Topliss-reactive ketones (excluding diaryl/α,β-unsaturated/α-hetero) is 2. The molecule has 1 aromatic rings. The summed E-state index contributed by atoms with van der Waals surface area (Å²) in [7, 11) is 0. The Kier molecular flexibility index (Phi) is 5.47. The van der Waals surface area contributed by atoms with Crippen molar-refractivity contribution in [3.8, 4) is 0 Å². The summed E-state index contributed by atoms with van der Waals surface area (Å²) in [6.45, 7) is 10.7. The highest BCUT2D eigenvalue weighted by Gasteiger charge is 2.58. The van der Waals surface area contributed by atoms with Crippen molar-refractivity contribution in [3.05, 3.63) is 35.4 Å². The number of nitrogens with zero attached hydrogens (tertiary/aromatic N) is 1. The van der Waals surface area contributed by atoms with E-state index in [2.05, 4.69) is 32.8 Å². The zero-order chi connectivity index (χ0) is 21.7. The molecule has 0 amide bonds. The molecule has 0 radical (unpaired) electrons. The van der Waals surface area contributed by atoms with Crippen molar-refractivity contribution in [3.63, 3.8) is 0 Å². The summed E-state index contributed by atoms with van der Waals surface area (Å²) in [6, 6.07) is 7.32. The molecular formula is C26H37NO3. The molecule has 1 aromatic carbocycles. The third kappa shape index (κ3) is 3.46. The number of rotatable bonds is 3. The van der Waals surface area contributed by atoms with E-state index in [1.54, 1.807) is 6.07 Å². The van der Waals surface area contributed by atoms with Gasteiger partial charge in [0.05, 0.1) is 5.92 Å². The molecule has 1 heterocycles. The summed E-state index contributed by atoms with van der Waals surface area (Å²) in [5.41, 5.74) is -0.454. The van der Waals surface area contributed by atoms with Crippen LogP contribution in [0.2, 0.25) is 0 Å². The predicted molar refractivity (Wildman–Crippen MR) is 119 cm³/mol. The van der Waals surface area contributed by atoms with Crippen LogP contribution in [0.15, 0.2) is 24.3 Å². The second-order valence-electron chi connectivity index (χ2n) is 11.1. The van der Waals surface area contributed by atoms with Gasteiger partial charge in [-0.05, 0) is 72.6 Å². The van der Waals surface area contributed by atoms with E-state index in [9.17, 15) is 9.59 Å². The lowest BCUT2D eigenvalue weighted by molar-refractivity contribution is -0.328. The molecule has 0 aromatic heterocycles. The highest BCUT2D eigenvalue weighted by Crippen LogP contribution is 2.48. The number of hydroxylamine groups is 2. The summed E-state index contributed by atoms with van der Waals surface area (Å²) in [5.74, 6) is -0.170. The monoisotopic (exact) mass is 411 g/mol. The number of carbonyl (C=O) groups is 2. The zero-order valence-corrected chi connectivity index (χ0v) is 19.3. The minimum atomic E-state index is -1.17. The van der Waals surface area contributed by atoms with Crippen molar-refractivity contribution >= 4 is 11.6 Å². The van der Waals surface area contributed by atoms with E-state index in [0.29, 0.717) is 11.1 Å². The van der Waals surface area contributed by atoms with Crippen molar-refractivity contribution < 1.29 is 14.4 Å². The molecule has 164 valence electrons. The molecule has 30 heavy (non-hydrogen) atoms. The van der Waals surface area contributed by atoms with E-state index in [4.69, 9.17) is 4.84 Å². The van der Waals surface area contributed by atoms with Gasteiger partial charge in [0.2, 0.25) is 0 Å². The topological polar surface area (TPSA) is 46.6 Å². The second kappa shape index (κ2) is 7.56. The summed E-state index contributed by atoms with van der Waals surface area (Å²) in [6.07, 6.45) is 8.63. The lowest BCUT2D eigenvalue weighted by atomic mass is 9.63. The fourth-order valence-corrected chi connectivity index (χ4v) is 6.36. The third-order valence-corrected chi connectivity index (χ3v) is 7.84. The van der Waals surface area contributed by atoms with Crippen LogP contribution in [0, 0.1) is 11.8 Å². The quantitative estimate of drug-likeness (QED) is 0.612. The summed E-state index contributed by atoms with van der Waals surface area (Å²) >= 11 is 0. The second-order valence-corrected chi connectivity index (χ2v) is 11.1. The molecule has 3 aliphatic rings. The van der Waals surface area contributed by atoms with Crippen molar-refractivity contribution in [1.29, 1.82) is 0 Å². The van der Waals surface area contributed by atoms with E-state index < -0.39 is 11.5 Å². The Morgan fingerprint density at radius 1 is 0.833 bits per heavy atom. The maximum atomic E-state index is 13.9. The molecule has 1 saturated carbocycles. The van der Waals surface area contributed by atoms with Crippen molar-refractivity contribution in [2.45, 2.75) is 103 Å². The Balaban J connectivity index is 1.81. The zero-order valence-electron chi connectivity index (χ0n) is 19.3. The van der Waals surface area contributed by atoms with Crippen LogP contribution in [0.3, 0.4) is 0 Å². The maximum Gasteiger partial charge on any atom is 0.197 e. The van der Waals surface area contributed by atoms with E-state index in [1.165, 1.54) is 6.42 Å². The number of hydrogen-bond donors (Lipinski definition) is 0. The number of carbonyl (C=O) groups excluding carboxylic acids is 2. The molecule has 1 saturated heterocycles. The smallest absolute Gasteiger partial charge is 0.197 e.